The Morgan fingerprint density at radius 3 is 2.81 bits per heavy atom. The van der Waals surface area contributed by atoms with Crippen LogP contribution in [0.15, 0.2) is 23.2 Å². The lowest BCUT2D eigenvalue weighted by Crippen LogP contribution is -2.23. The molecule has 1 rings (SSSR count). The molecule has 0 aliphatic rings. The Bertz CT molecular complexity index is 453. The minimum atomic E-state index is 0.216. The highest BCUT2D eigenvalue weighted by Crippen LogP contribution is 2.15. The maximum atomic E-state index is 7.16. The maximum Gasteiger partial charge on any atom is 0.198 e. The third-order valence-corrected chi connectivity index (χ3v) is 1.88. The monoisotopic (exact) mass is 235 g/mol. The lowest BCUT2D eigenvalue weighted by Gasteiger charge is -2.07. The quantitative estimate of drug-likeness (QED) is 0.269. The van der Waals surface area contributed by atoms with Crippen molar-refractivity contribution < 1.29 is 0 Å². The first-order valence-corrected chi connectivity index (χ1v) is 4.95. The van der Waals surface area contributed by atoms with Crippen LogP contribution >= 0.6 is 12.2 Å². The fourth-order valence-corrected chi connectivity index (χ4v) is 1.22. The first-order chi connectivity index (χ1) is 7.52. The molecule has 0 amide bonds. The SMILES string of the molecule is CC(=S)N=C(N)Nc1ccc(N)c(C=N)c1. The van der Waals surface area contributed by atoms with E-state index in [0.717, 1.165) is 0 Å². The minimum absolute atomic E-state index is 0.216. The summed E-state index contributed by atoms with van der Waals surface area (Å²) >= 11 is 4.79. The standard InChI is InChI=1S/C10H13N5S/c1-6(16)14-10(13)15-8-2-3-9(12)7(4-8)5-11/h2-5,11H,12H2,1H3,(H3,13,14,15,16). The van der Waals surface area contributed by atoms with E-state index in [-0.39, 0.29) is 5.96 Å². The predicted molar refractivity (Wildman–Crippen MR) is 72.3 cm³/mol. The molecular formula is C10H13N5S. The third kappa shape index (κ3) is 3.32. The molecule has 1 aromatic carbocycles. The molecule has 0 aliphatic carbocycles. The number of guanidine groups is 1. The van der Waals surface area contributed by atoms with Crippen molar-refractivity contribution in [1.29, 1.82) is 5.41 Å². The van der Waals surface area contributed by atoms with Gasteiger partial charge in [-0.1, -0.05) is 12.2 Å². The van der Waals surface area contributed by atoms with Crippen LogP contribution in [0.25, 0.3) is 0 Å². The van der Waals surface area contributed by atoms with Gasteiger partial charge < -0.3 is 22.2 Å². The second-order valence-electron chi connectivity index (χ2n) is 3.13. The van der Waals surface area contributed by atoms with Crippen molar-refractivity contribution in [3.05, 3.63) is 23.8 Å². The molecule has 6 N–H and O–H groups in total. The van der Waals surface area contributed by atoms with E-state index in [1.807, 2.05) is 0 Å². The van der Waals surface area contributed by atoms with Gasteiger partial charge in [-0.25, -0.2) is 4.99 Å². The average Bonchev–Trinajstić information content (AvgIpc) is 2.19. The fraction of sp³-hybridized carbons (Fsp3) is 0.100. The second-order valence-corrected chi connectivity index (χ2v) is 3.72. The average molecular weight is 235 g/mol. The molecule has 0 bridgehead atoms. The van der Waals surface area contributed by atoms with Crippen molar-refractivity contribution in [1.82, 2.24) is 0 Å². The summed E-state index contributed by atoms with van der Waals surface area (Å²) < 4.78 is 0. The molecule has 0 fully saturated rings. The molecule has 0 heterocycles. The number of nitrogens with two attached hydrogens (primary N) is 2. The van der Waals surface area contributed by atoms with E-state index >= 15 is 0 Å². The molecule has 0 unspecified atom stereocenters. The number of rotatable bonds is 2. The lowest BCUT2D eigenvalue weighted by atomic mass is 10.2. The zero-order valence-electron chi connectivity index (χ0n) is 8.82. The van der Waals surface area contributed by atoms with Gasteiger partial charge in [-0.05, 0) is 25.1 Å². The number of hydrogen-bond donors (Lipinski definition) is 4. The Balaban J connectivity index is 2.90. The normalized spacial score (nSPS) is 10.9. The Hall–Kier alpha value is -1.95. The summed E-state index contributed by atoms with van der Waals surface area (Å²) in [5.74, 6) is 0.216. The molecule has 0 saturated carbocycles. The largest absolute Gasteiger partial charge is 0.398 e. The number of anilines is 2. The Morgan fingerprint density at radius 2 is 2.25 bits per heavy atom. The van der Waals surface area contributed by atoms with Gasteiger partial charge in [0, 0.05) is 23.2 Å². The Kier molecular flexibility index (Phi) is 3.96. The highest BCUT2D eigenvalue weighted by Gasteiger charge is 1.99. The van der Waals surface area contributed by atoms with Crippen LogP contribution in [0.4, 0.5) is 11.4 Å². The zero-order valence-corrected chi connectivity index (χ0v) is 9.64. The van der Waals surface area contributed by atoms with E-state index in [1.165, 1.54) is 6.21 Å². The van der Waals surface area contributed by atoms with Crippen LogP contribution in [-0.4, -0.2) is 17.2 Å². The van der Waals surface area contributed by atoms with E-state index in [9.17, 15) is 0 Å². The van der Waals surface area contributed by atoms with Crippen LogP contribution in [0.1, 0.15) is 12.5 Å². The summed E-state index contributed by atoms with van der Waals surface area (Å²) in [4.78, 5) is 4.33. The van der Waals surface area contributed by atoms with E-state index < -0.39 is 0 Å². The van der Waals surface area contributed by atoms with Gasteiger partial charge in [-0.3, -0.25) is 0 Å². The van der Waals surface area contributed by atoms with Crippen molar-refractivity contribution >= 4 is 40.8 Å². The smallest absolute Gasteiger partial charge is 0.198 e. The molecule has 16 heavy (non-hydrogen) atoms. The number of nitrogen functional groups attached to an aromatic ring is 1. The zero-order chi connectivity index (χ0) is 12.1. The first kappa shape index (κ1) is 12.1. The van der Waals surface area contributed by atoms with Crippen molar-refractivity contribution in [2.45, 2.75) is 6.92 Å². The highest BCUT2D eigenvalue weighted by atomic mass is 32.1. The summed E-state index contributed by atoms with van der Waals surface area (Å²) in [6, 6.07) is 5.16. The summed E-state index contributed by atoms with van der Waals surface area (Å²) in [5, 5.41) is 10.0. The van der Waals surface area contributed by atoms with Gasteiger partial charge in [-0.15, -0.1) is 0 Å². The van der Waals surface area contributed by atoms with Crippen molar-refractivity contribution in [2.75, 3.05) is 11.1 Å². The Labute approximate surface area is 99.1 Å². The van der Waals surface area contributed by atoms with Crippen LogP contribution < -0.4 is 16.8 Å². The number of nitrogens with one attached hydrogen (secondary N) is 2. The third-order valence-electron chi connectivity index (χ3n) is 1.79. The Morgan fingerprint density at radius 1 is 1.56 bits per heavy atom. The second kappa shape index (κ2) is 5.22. The summed E-state index contributed by atoms with van der Waals surface area (Å²) in [5.41, 5.74) is 13.1. The highest BCUT2D eigenvalue weighted by molar-refractivity contribution is 7.80. The summed E-state index contributed by atoms with van der Waals surface area (Å²) in [6.07, 6.45) is 1.18. The van der Waals surface area contributed by atoms with Gasteiger partial charge in [0.1, 0.15) is 4.99 Å². The van der Waals surface area contributed by atoms with Gasteiger partial charge in [0.2, 0.25) is 0 Å². The molecule has 84 valence electrons. The van der Waals surface area contributed by atoms with E-state index in [4.69, 9.17) is 29.1 Å². The van der Waals surface area contributed by atoms with Crippen LogP contribution in [0.3, 0.4) is 0 Å². The topological polar surface area (TPSA) is 100 Å². The van der Waals surface area contributed by atoms with Gasteiger partial charge in [0.25, 0.3) is 0 Å². The van der Waals surface area contributed by atoms with E-state index in [1.54, 1.807) is 25.1 Å². The number of benzene rings is 1. The predicted octanol–water partition coefficient (Wildman–Crippen LogP) is 1.34. The summed E-state index contributed by atoms with van der Waals surface area (Å²) in [6.45, 7) is 1.68. The van der Waals surface area contributed by atoms with Crippen LogP contribution in [0.5, 0.6) is 0 Å². The number of thiocarbonyl (C=S) groups is 1. The van der Waals surface area contributed by atoms with Gasteiger partial charge in [0.15, 0.2) is 5.96 Å². The van der Waals surface area contributed by atoms with Gasteiger partial charge in [0.05, 0.1) is 0 Å². The molecule has 1 aromatic rings. The fourth-order valence-electron chi connectivity index (χ4n) is 1.12. The molecule has 0 saturated heterocycles. The van der Waals surface area contributed by atoms with Crippen molar-refractivity contribution in [2.24, 2.45) is 10.7 Å². The van der Waals surface area contributed by atoms with E-state index in [0.29, 0.717) is 21.9 Å². The molecule has 0 aromatic heterocycles. The van der Waals surface area contributed by atoms with Crippen LogP contribution in [-0.2, 0) is 0 Å². The molecule has 6 heteroatoms. The maximum absolute atomic E-state index is 7.16. The summed E-state index contributed by atoms with van der Waals surface area (Å²) in [7, 11) is 0. The first-order valence-electron chi connectivity index (χ1n) is 4.54. The van der Waals surface area contributed by atoms with Crippen LogP contribution in [0.2, 0.25) is 0 Å². The lowest BCUT2D eigenvalue weighted by molar-refractivity contribution is 1.49. The molecule has 5 nitrogen and oxygen atoms in total. The number of hydrogen-bond acceptors (Lipinski definition) is 3. The van der Waals surface area contributed by atoms with Crippen molar-refractivity contribution in [3.8, 4) is 0 Å². The molecular weight excluding hydrogens is 222 g/mol. The van der Waals surface area contributed by atoms with E-state index in [2.05, 4.69) is 10.3 Å². The molecule has 0 aliphatic heterocycles. The number of nitrogens with zero attached hydrogens (tertiary/aromatic N) is 1. The number of aliphatic imine (C=N–C) groups is 1. The molecule has 0 radical (unpaired) electrons. The molecule has 0 spiro atoms. The van der Waals surface area contributed by atoms with Crippen molar-refractivity contribution in [3.63, 3.8) is 0 Å². The minimum Gasteiger partial charge on any atom is -0.398 e. The van der Waals surface area contributed by atoms with Gasteiger partial charge >= 0.3 is 0 Å². The van der Waals surface area contributed by atoms with Gasteiger partial charge in [-0.2, -0.15) is 0 Å². The van der Waals surface area contributed by atoms with Crippen LogP contribution in [0, 0.1) is 5.41 Å². The molecule has 0 atom stereocenters.